The zero-order valence-corrected chi connectivity index (χ0v) is 77.8. The summed E-state index contributed by atoms with van der Waals surface area (Å²) in [6, 6.07) is 33.3. The molecule has 12 aliphatic rings. The van der Waals surface area contributed by atoms with Crippen LogP contribution in [-0.4, -0.2) is 239 Å². The van der Waals surface area contributed by atoms with Crippen LogP contribution in [0.15, 0.2) is 146 Å². The maximum absolute atomic E-state index is 14.5. The van der Waals surface area contributed by atoms with Crippen LogP contribution in [0.3, 0.4) is 0 Å². The van der Waals surface area contributed by atoms with Crippen molar-refractivity contribution in [3.05, 3.63) is 236 Å². The van der Waals surface area contributed by atoms with Gasteiger partial charge in [0.1, 0.15) is 96.8 Å². The molecule has 0 saturated carbocycles. The fraction of sp³-hybridized carbons (Fsp3) is 0.423. The van der Waals surface area contributed by atoms with Crippen molar-refractivity contribution in [2.45, 2.75) is 179 Å². The third kappa shape index (κ3) is 23.7. The predicted octanol–water partition coefficient (Wildman–Crippen LogP) is 10.7. The molecule has 12 amide bonds. The van der Waals surface area contributed by atoms with Crippen LogP contribution < -0.4 is 61.5 Å². The fourth-order valence-electron chi connectivity index (χ4n) is 19.6. The summed E-state index contributed by atoms with van der Waals surface area (Å²) < 4.78 is 107. The molecule has 0 spiro atoms. The molecule has 36 heteroatoms. The average Bonchev–Trinajstić information content (AvgIpc) is 1.63. The van der Waals surface area contributed by atoms with Crippen molar-refractivity contribution in [1.82, 2.24) is 60.5 Å². The van der Waals surface area contributed by atoms with Crippen molar-refractivity contribution in [3.63, 3.8) is 0 Å². The van der Waals surface area contributed by atoms with Gasteiger partial charge in [0.25, 0.3) is 23.6 Å². The van der Waals surface area contributed by atoms with E-state index in [4.69, 9.17) is 23.1 Å². The van der Waals surface area contributed by atoms with Crippen LogP contribution >= 0.6 is 0 Å². The minimum Gasteiger partial charge on any atom is -0.492 e. The van der Waals surface area contributed by atoms with E-state index in [2.05, 4.69) is 62.1 Å². The third-order valence-electron chi connectivity index (χ3n) is 27.2. The van der Waals surface area contributed by atoms with E-state index in [1.807, 2.05) is 6.07 Å². The van der Waals surface area contributed by atoms with Crippen LogP contribution in [0.5, 0.6) is 23.0 Å². The van der Waals surface area contributed by atoms with Gasteiger partial charge in [-0.25, -0.2) is 17.6 Å². The van der Waals surface area contributed by atoms with Crippen molar-refractivity contribution in [2.24, 2.45) is 0 Å². The first-order valence-corrected chi connectivity index (χ1v) is 48.2. The predicted molar refractivity (Wildman–Crippen MR) is 510 cm³/mol. The number of piperidine rings is 4. The molecule has 0 aliphatic carbocycles. The van der Waals surface area contributed by atoms with Gasteiger partial charge < -0.3 is 59.8 Å². The van der Waals surface area contributed by atoms with Gasteiger partial charge in [0.05, 0.1) is 4.11 Å². The van der Waals surface area contributed by atoms with E-state index < -0.39 is 83.2 Å². The lowest BCUT2D eigenvalue weighted by atomic mass is 10.0. The van der Waals surface area contributed by atoms with E-state index in [0.717, 1.165) is 84.1 Å². The Morgan fingerprint density at radius 2 is 0.536 bits per heavy atom. The molecule has 1 unspecified atom stereocenters. The van der Waals surface area contributed by atoms with E-state index in [1.54, 1.807) is 115 Å². The van der Waals surface area contributed by atoms with E-state index in [9.17, 15) is 75.1 Å². The molecule has 20 rings (SSSR count). The molecule has 140 heavy (non-hydrogen) atoms. The smallest absolute Gasteiger partial charge is 0.255 e. The van der Waals surface area contributed by atoms with Gasteiger partial charge in [-0.3, -0.25) is 98.4 Å². The van der Waals surface area contributed by atoms with E-state index in [-0.39, 0.29) is 132 Å². The first kappa shape index (κ1) is 93.8. The number of rotatable bonds is 32. The summed E-state index contributed by atoms with van der Waals surface area (Å²) in [5, 5.41) is 21.7. The normalized spacial score (nSPS) is 22.1. The van der Waals surface area contributed by atoms with E-state index >= 15 is 0 Å². The lowest BCUT2D eigenvalue weighted by molar-refractivity contribution is -0.138. The van der Waals surface area contributed by atoms with Gasteiger partial charge in [0.15, 0.2) is 0 Å². The number of hydrogen-bond acceptors (Lipinski definition) is 24. The summed E-state index contributed by atoms with van der Waals surface area (Å²) in [5.74, 6) is -5.05. The van der Waals surface area contributed by atoms with Crippen LogP contribution in [0.4, 0.5) is 40.3 Å². The van der Waals surface area contributed by atoms with E-state index in [1.165, 1.54) is 95.2 Å². The second kappa shape index (κ2) is 45.4. The van der Waals surface area contributed by atoms with E-state index in [0.29, 0.717) is 140 Å². The van der Waals surface area contributed by atoms with Crippen LogP contribution in [-0.2, 0) is 90.7 Å². The molecule has 0 bridgehead atoms. The molecule has 4 atom stereocenters. The Morgan fingerprint density at radius 3 is 0.786 bits per heavy atom. The minimum absolute atomic E-state index is 0.00378. The first-order chi connectivity index (χ1) is 69.0. The number of benzene rings is 8. The highest BCUT2D eigenvalue weighted by Gasteiger charge is 2.45. The number of carbonyl (C=O) groups is 12. The average molecular weight is 1930 g/mol. The Balaban J connectivity index is 0.000000131. The summed E-state index contributed by atoms with van der Waals surface area (Å²) in [5.41, 5.74) is 8.67. The largest absolute Gasteiger partial charge is 0.492 e. The lowest BCUT2D eigenvalue weighted by Crippen LogP contribution is -2.52. The van der Waals surface area contributed by atoms with Gasteiger partial charge in [-0.2, -0.15) is 0 Å². The highest BCUT2D eigenvalue weighted by molar-refractivity contribution is 6.10. The number of imide groups is 4. The zero-order valence-electron chi connectivity index (χ0n) is 80.8. The molecule has 736 valence electrons. The van der Waals surface area contributed by atoms with Gasteiger partial charge >= 0.3 is 0 Å². The molecule has 8 saturated heterocycles. The van der Waals surface area contributed by atoms with Crippen molar-refractivity contribution in [3.8, 4) is 23.0 Å². The fourth-order valence-corrected chi connectivity index (χ4v) is 19.6. The summed E-state index contributed by atoms with van der Waals surface area (Å²) in [7, 11) is 0. The number of carbonyl (C=O) groups excluding carboxylic acids is 12. The van der Waals surface area contributed by atoms with Crippen LogP contribution in [0.25, 0.3) is 0 Å². The van der Waals surface area contributed by atoms with Gasteiger partial charge in [0, 0.05) is 194 Å². The maximum atomic E-state index is 14.5. The number of nitrogens with one attached hydrogen (secondary N) is 8. The Kier molecular flexibility index (Phi) is 30.4. The minimum atomic E-state index is -1.85. The molecular formula is C104H116F4N16O16. The van der Waals surface area contributed by atoms with Crippen LogP contribution in [0, 0.1) is 23.3 Å². The second-order valence-electron chi connectivity index (χ2n) is 36.4. The molecule has 12 aliphatic heterocycles. The number of ether oxygens (including phenoxy) is 4. The summed E-state index contributed by atoms with van der Waals surface area (Å²) in [4.78, 5) is 163. The zero-order chi connectivity index (χ0) is 100. The lowest BCUT2D eigenvalue weighted by Gasteiger charge is -2.29. The molecule has 8 aromatic rings. The Labute approximate surface area is 812 Å². The summed E-state index contributed by atoms with van der Waals surface area (Å²) >= 11 is 0. The SMILES string of the molecule is O=C1CC[C@@H](N2Cc3c(NCc4cc(OCCN5CCCC5)ccc4F)cccc3C2=O)C(=O)N1.[2H]C1(N2Cc3c(NCc4cc(OCCN5CCCC5)ccc4F)cccc3C2=O)CCC(=O)NC1=O.[2H][C@@]1(N2Cc3c(NCc4cc(OCCN5CCCC5)ccc4F)cccc3C2=O)CCC(=O)NC1=O.[2H][C@]1(N2Cc3c(NCc4cc(OCCN5CCCC5)ccc4F)cccc3C2=O)CCC(=O)NC1=O. The van der Waals surface area contributed by atoms with Gasteiger partial charge in [-0.05, 0) is 251 Å². The topological polar surface area (TPSA) is 364 Å². The molecule has 12 heterocycles. The summed E-state index contributed by atoms with van der Waals surface area (Å²) in [6.07, 6.45) is 10.1. The number of nitrogens with zero attached hydrogens (tertiary/aromatic N) is 8. The number of halogens is 4. The first-order valence-electron chi connectivity index (χ1n) is 49.7. The third-order valence-corrected chi connectivity index (χ3v) is 27.2. The number of amides is 12. The highest BCUT2D eigenvalue weighted by Crippen LogP contribution is 2.39. The van der Waals surface area contributed by atoms with Crippen molar-refractivity contribution in [1.29, 1.82) is 0 Å². The molecule has 0 radical (unpaired) electrons. The molecule has 32 nitrogen and oxygen atoms in total. The van der Waals surface area contributed by atoms with Gasteiger partial charge in [-0.1, -0.05) is 24.3 Å². The highest BCUT2D eigenvalue weighted by atomic mass is 19.1. The van der Waals surface area contributed by atoms with Crippen molar-refractivity contribution < 1.29 is 98.2 Å². The standard InChI is InChI=1S/4C26H29FN4O4/c4*27-21-7-6-18(35-13-12-30-10-1-2-11-30)14-17(21)15-28-22-5-3-4-19-20(22)16-31(26(19)34)23-8-9-24(32)29-25(23)33/h4*3-7,14,23,28H,1-2,8-13,15-16H2,(H,29,32,33)/t3*23-;/m110./s1/i23D;;2*23D. The van der Waals surface area contributed by atoms with Crippen molar-refractivity contribution >= 4 is 93.6 Å². The molecule has 8 N–H and O–H groups in total. The quantitative estimate of drug-likeness (QED) is 0.0143. The Hall–Kier alpha value is -13.8. The summed E-state index contributed by atoms with van der Waals surface area (Å²) in [6.45, 7) is 15.4. The Bertz CT molecular complexity index is 5780. The molecule has 8 fully saturated rings. The van der Waals surface area contributed by atoms with Crippen LogP contribution in [0.1, 0.15) is 193 Å². The number of fused-ring (bicyclic) bond motifs is 4. The molecular weight excluding hydrogens is 1810 g/mol. The maximum Gasteiger partial charge on any atom is 0.255 e. The number of hydrogen-bond donors (Lipinski definition) is 8. The molecule has 0 aromatic heterocycles. The van der Waals surface area contributed by atoms with Gasteiger partial charge in [0.2, 0.25) is 47.3 Å². The molecule has 8 aromatic carbocycles. The number of anilines is 4. The van der Waals surface area contributed by atoms with Gasteiger partial charge in [-0.15, -0.1) is 0 Å². The Morgan fingerprint density at radius 1 is 0.300 bits per heavy atom. The van der Waals surface area contributed by atoms with Crippen molar-refractivity contribution in [2.75, 3.05) is 126 Å². The monoisotopic (exact) mass is 1920 g/mol. The van der Waals surface area contributed by atoms with Crippen LogP contribution in [0.2, 0.25) is 0 Å². The number of likely N-dealkylation sites (tertiary alicyclic amines) is 4. The second-order valence-corrected chi connectivity index (χ2v) is 36.4.